The van der Waals surface area contributed by atoms with E-state index in [1.165, 1.54) is 23.5 Å². The molecule has 7 heteroatoms. The van der Waals surface area contributed by atoms with Gasteiger partial charge in [0.2, 0.25) is 10.0 Å². The van der Waals surface area contributed by atoms with Crippen LogP contribution in [0.15, 0.2) is 45.1 Å². The van der Waals surface area contributed by atoms with E-state index in [0.29, 0.717) is 5.69 Å². The van der Waals surface area contributed by atoms with Crippen molar-refractivity contribution in [3.8, 4) is 0 Å². The summed E-state index contributed by atoms with van der Waals surface area (Å²) < 4.78 is 27.5. The second kappa shape index (κ2) is 5.40. The number of hydrogen-bond donors (Lipinski definition) is 2. The molecule has 0 amide bonds. The van der Waals surface area contributed by atoms with Crippen molar-refractivity contribution in [3.05, 3.63) is 45.1 Å². The lowest BCUT2D eigenvalue weighted by atomic mass is 10.3. The molecule has 0 spiro atoms. The second-order valence-electron chi connectivity index (χ2n) is 3.59. The average molecular weight is 347 g/mol. The van der Waals surface area contributed by atoms with E-state index in [1.807, 2.05) is 11.4 Å². The van der Waals surface area contributed by atoms with Crippen molar-refractivity contribution in [1.29, 1.82) is 0 Å². The van der Waals surface area contributed by atoms with Crippen LogP contribution in [-0.4, -0.2) is 8.42 Å². The Kier molecular flexibility index (Phi) is 4.06. The van der Waals surface area contributed by atoms with Crippen molar-refractivity contribution >= 4 is 43.0 Å². The van der Waals surface area contributed by atoms with Crippen molar-refractivity contribution in [3.63, 3.8) is 0 Å². The van der Waals surface area contributed by atoms with Crippen LogP contribution in [0.25, 0.3) is 0 Å². The Morgan fingerprint density at radius 1 is 1.33 bits per heavy atom. The maximum atomic E-state index is 12.0. The number of nitrogens with one attached hydrogen (secondary N) is 1. The van der Waals surface area contributed by atoms with Crippen LogP contribution in [0.4, 0.5) is 5.69 Å². The molecule has 0 fully saturated rings. The van der Waals surface area contributed by atoms with Gasteiger partial charge in [0.15, 0.2) is 0 Å². The fraction of sp³-hybridized carbons (Fsp3) is 0.0909. The van der Waals surface area contributed by atoms with Crippen LogP contribution in [0.3, 0.4) is 0 Å². The van der Waals surface area contributed by atoms with Gasteiger partial charge in [-0.1, -0.05) is 6.07 Å². The Labute approximate surface area is 118 Å². The Bertz CT molecular complexity index is 653. The fourth-order valence-corrected chi connectivity index (χ4v) is 3.95. The molecule has 0 bridgehead atoms. The Balaban J connectivity index is 2.16. The zero-order valence-corrected chi connectivity index (χ0v) is 12.5. The summed E-state index contributed by atoms with van der Waals surface area (Å²) in [5, 5.41) is 1.90. The van der Waals surface area contributed by atoms with Gasteiger partial charge in [0.1, 0.15) is 0 Å². The van der Waals surface area contributed by atoms with Gasteiger partial charge in [-0.05, 0) is 45.6 Å². The summed E-state index contributed by atoms with van der Waals surface area (Å²) in [7, 11) is -3.52. The number of rotatable bonds is 4. The molecule has 18 heavy (non-hydrogen) atoms. The number of hydrogen-bond acceptors (Lipinski definition) is 4. The van der Waals surface area contributed by atoms with Crippen molar-refractivity contribution in [2.24, 2.45) is 0 Å². The lowest BCUT2D eigenvalue weighted by Crippen LogP contribution is -2.23. The normalized spacial score (nSPS) is 11.6. The number of nitrogens with two attached hydrogens (primary N) is 1. The van der Waals surface area contributed by atoms with E-state index in [-0.39, 0.29) is 11.4 Å². The number of nitrogen functional groups attached to an aromatic ring is 1. The molecule has 0 aliphatic heterocycles. The highest BCUT2D eigenvalue weighted by atomic mass is 79.9. The van der Waals surface area contributed by atoms with Gasteiger partial charge in [-0.3, -0.25) is 0 Å². The summed E-state index contributed by atoms with van der Waals surface area (Å²) in [6, 6.07) is 8.10. The zero-order valence-electron chi connectivity index (χ0n) is 9.26. The van der Waals surface area contributed by atoms with E-state index in [2.05, 4.69) is 20.7 Å². The molecule has 2 rings (SSSR count). The summed E-state index contributed by atoms with van der Waals surface area (Å²) >= 11 is 4.85. The van der Waals surface area contributed by atoms with Gasteiger partial charge in [0, 0.05) is 21.6 Å². The van der Waals surface area contributed by atoms with Crippen molar-refractivity contribution in [1.82, 2.24) is 4.72 Å². The molecule has 0 saturated carbocycles. The molecule has 2 aromatic rings. The molecule has 0 aliphatic carbocycles. The van der Waals surface area contributed by atoms with E-state index in [4.69, 9.17) is 5.73 Å². The minimum absolute atomic E-state index is 0.176. The lowest BCUT2D eigenvalue weighted by molar-refractivity contribution is 0.582. The Morgan fingerprint density at radius 3 is 2.72 bits per heavy atom. The Morgan fingerprint density at radius 2 is 2.11 bits per heavy atom. The molecular formula is C11H11BrN2O2S2. The smallest absolute Gasteiger partial charge is 0.240 e. The van der Waals surface area contributed by atoms with Gasteiger partial charge in [0.05, 0.1) is 4.90 Å². The number of benzene rings is 1. The van der Waals surface area contributed by atoms with Gasteiger partial charge < -0.3 is 5.73 Å². The van der Waals surface area contributed by atoms with E-state index < -0.39 is 10.0 Å². The summed E-state index contributed by atoms with van der Waals surface area (Å²) in [5.41, 5.74) is 6.00. The quantitative estimate of drug-likeness (QED) is 0.835. The lowest BCUT2D eigenvalue weighted by Gasteiger charge is -2.06. The highest BCUT2D eigenvalue weighted by Crippen LogP contribution is 2.23. The number of sulfonamides is 1. The van der Waals surface area contributed by atoms with Gasteiger partial charge in [-0.25, -0.2) is 13.1 Å². The van der Waals surface area contributed by atoms with E-state index in [9.17, 15) is 8.42 Å². The third-order valence-electron chi connectivity index (χ3n) is 2.28. The third kappa shape index (κ3) is 3.11. The summed E-state index contributed by atoms with van der Waals surface area (Å²) in [6.45, 7) is 0.259. The zero-order chi connectivity index (χ0) is 13.2. The molecular weight excluding hydrogens is 336 g/mol. The van der Waals surface area contributed by atoms with Crippen LogP contribution < -0.4 is 10.5 Å². The van der Waals surface area contributed by atoms with Crippen LogP contribution >= 0.6 is 27.3 Å². The maximum absolute atomic E-state index is 12.0. The first-order chi connectivity index (χ1) is 8.49. The molecule has 0 saturated heterocycles. The molecule has 96 valence electrons. The summed E-state index contributed by atoms with van der Waals surface area (Å²) in [4.78, 5) is 1.11. The minimum atomic E-state index is -3.52. The van der Waals surface area contributed by atoms with Crippen LogP contribution in [-0.2, 0) is 16.6 Å². The molecule has 0 atom stereocenters. The number of thiophene rings is 1. The first kappa shape index (κ1) is 13.5. The molecule has 3 N–H and O–H groups in total. The standard InChI is InChI=1S/C11H11BrN2O2S2/c12-10-4-5-17-11(10)7-14-18(15,16)9-3-1-2-8(13)6-9/h1-6,14H,7,13H2. The third-order valence-corrected chi connectivity index (χ3v) is 5.61. The van der Waals surface area contributed by atoms with Crippen LogP contribution in [0.2, 0.25) is 0 Å². The van der Waals surface area contributed by atoms with Gasteiger partial charge in [-0.2, -0.15) is 0 Å². The van der Waals surface area contributed by atoms with Crippen molar-refractivity contribution in [2.75, 3.05) is 5.73 Å². The van der Waals surface area contributed by atoms with Gasteiger partial charge >= 0.3 is 0 Å². The maximum Gasteiger partial charge on any atom is 0.240 e. The first-order valence-electron chi connectivity index (χ1n) is 5.06. The van der Waals surface area contributed by atoms with Crippen LogP contribution in [0.1, 0.15) is 4.88 Å². The van der Waals surface area contributed by atoms with Crippen LogP contribution in [0.5, 0.6) is 0 Å². The molecule has 0 aliphatic rings. The monoisotopic (exact) mass is 346 g/mol. The molecule has 0 unspecified atom stereocenters. The topological polar surface area (TPSA) is 72.2 Å². The Hall–Kier alpha value is -0.890. The van der Waals surface area contributed by atoms with E-state index >= 15 is 0 Å². The van der Waals surface area contributed by atoms with E-state index in [1.54, 1.807) is 12.1 Å². The predicted molar refractivity (Wildman–Crippen MR) is 76.9 cm³/mol. The summed E-state index contributed by atoms with van der Waals surface area (Å²) in [5.74, 6) is 0. The molecule has 1 aromatic heterocycles. The average Bonchev–Trinajstić information content (AvgIpc) is 2.72. The SMILES string of the molecule is Nc1cccc(S(=O)(=O)NCc2sccc2Br)c1. The van der Waals surface area contributed by atoms with Gasteiger partial charge in [-0.15, -0.1) is 11.3 Å². The molecule has 4 nitrogen and oxygen atoms in total. The molecule has 1 heterocycles. The highest BCUT2D eigenvalue weighted by Gasteiger charge is 2.14. The minimum Gasteiger partial charge on any atom is -0.399 e. The number of anilines is 1. The fourth-order valence-electron chi connectivity index (χ4n) is 1.38. The van der Waals surface area contributed by atoms with Crippen molar-refractivity contribution < 1.29 is 8.42 Å². The largest absolute Gasteiger partial charge is 0.399 e. The predicted octanol–water partition coefficient (Wildman–Crippen LogP) is 2.57. The summed E-state index contributed by atoms with van der Waals surface area (Å²) in [6.07, 6.45) is 0. The molecule has 1 aromatic carbocycles. The first-order valence-corrected chi connectivity index (χ1v) is 8.22. The van der Waals surface area contributed by atoms with E-state index in [0.717, 1.165) is 9.35 Å². The second-order valence-corrected chi connectivity index (χ2v) is 7.21. The number of halogens is 1. The molecule has 0 radical (unpaired) electrons. The van der Waals surface area contributed by atoms with Gasteiger partial charge in [0.25, 0.3) is 0 Å². The van der Waals surface area contributed by atoms with Crippen LogP contribution in [0, 0.1) is 0 Å². The highest BCUT2D eigenvalue weighted by molar-refractivity contribution is 9.10. The van der Waals surface area contributed by atoms with Crippen molar-refractivity contribution in [2.45, 2.75) is 11.4 Å².